The van der Waals surface area contributed by atoms with E-state index >= 15 is 0 Å². The third kappa shape index (κ3) is 5.47. The van der Waals surface area contributed by atoms with Crippen molar-refractivity contribution in [3.63, 3.8) is 0 Å². The van der Waals surface area contributed by atoms with Gasteiger partial charge in [-0.3, -0.25) is 0 Å². The SMILES string of the molecule is CC(C)(C)c1cc[c-]c(-c2nccc3c2C(C)(C)c2c-3ccc3ccccc23)c1.[Ir].[c-]1ccccc1-c1ccccn1. The van der Waals surface area contributed by atoms with Crippen LogP contribution in [0.3, 0.4) is 0 Å². The zero-order chi connectivity index (χ0) is 28.6. The van der Waals surface area contributed by atoms with E-state index in [-0.39, 0.29) is 30.9 Å². The van der Waals surface area contributed by atoms with Gasteiger partial charge in [0.2, 0.25) is 0 Å². The third-order valence-corrected chi connectivity index (χ3v) is 7.99. The van der Waals surface area contributed by atoms with Crippen LogP contribution in [0.1, 0.15) is 51.3 Å². The first-order valence-electron chi connectivity index (χ1n) is 14.2. The van der Waals surface area contributed by atoms with Crippen molar-refractivity contribution in [2.45, 2.75) is 45.4 Å². The topological polar surface area (TPSA) is 25.8 Å². The second kappa shape index (κ2) is 11.8. The predicted octanol–water partition coefficient (Wildman–Crippen LogP) is 9.85. The number of aromatic nitrogens is 2. The Labute approximate surface area is 263 Å². The minimum absolute atomic E-state index is 0. The van der Waals surface area contributed by atoms with Crippen molar-refractivity contribution in [1.29, 1.82) is 0 Å². The summed E-state index contributed by atoms with van der Waals surface area (Å²) in [6, 6.07) is 42.2. The van der Waals surface area contributed by atoms with Gasteiger partial charge in [-0.05, 0) is 62.0 Å². The van der Waals surface area contributed by atoms with Crippen molar-refractivity contribution in [2.24, 2.45) is 0 Å². The number of hydrogen-bond donors (Lipinski definition) is 0. The number of fused-ring (bicyclic) bond motifs is 5. The van der Waals surface area contributed by atoms with E-state index < -0.39 is 0 Å². The van der Waals surface area contributed by atoms with Crippen LogP contribution in [0, 0.1) is 12.1 Å². The van der Waals surface area contributed by atoms with E-state index in [2.05, 4.69) is 106 Å². The molecule has 7 rings (SSSR count). The average molecular weight is 723 g/mol. The zero-order valence-electron chi connectivity index (χ0n) is 24.7. The molecule has 0 spiro atoms. The maximum Gasteiger partial charge on any atom is 0.0167 e. The van der Waals surface area contributed by atoms with E-state index in [1.54, 1.807) is 6.20 Å². The fourth-order valence-electron chi connectivity index (χ4n) is 5.96. The Bertz CT molecular complexity index is 1800. The molecule has 3 heteroatoms. The minimum atomic E-state index is -0.124. The number of rotatable bonds is 2. The van der Waals surface area contributed by atoms with Gasteiger partial charge in [0.1, 0.15) is 0 Å². The van der Waals surface area contributed by atoms with Gasteiger partial charge in [0.25, 0.3) is 0 Å². The zero-order valence-corrected chi connectivity index (χ0v) is 27.1. The summed E-state index contributed by atoms with van der Waals surface area (Å²) < 4.78 is 0. The quantitative estimate of drug-likeness (QED) is 0.166. The van der Waals surface area contributed by atoms with Gasteiger partial charge in [-0.1, -0.05) is 83.1 Å². The van der Waals surface area contributed by atoms with E-state index in [0.29, 0.717) is 0 Å². The Morgan fingerprint density at radius 1 is 0.643 bits per heavy atom. The van der Waals surface area contributed by atoms with Crippen LogP contribution in [0.5, 0.6) is 0 Å². The Morgan fingerprint density at radius 2 is 1.38 bits per heavy atom. The number of hydrogen-bond acceptors (Lipinski definition) is 2. The Balaban J connectivity index is 0.000000228. The Kier molecular flexibility index (Phi) is 8.28. The predicted molar refractivity (Wildman–Crippen MR) is 171 cm³/mol. The Morgan fingerprint density at radius 3 is 2.12 bits per heavy atom. The number of benzene rings is 4. The third-order valence-electron chi connectivity index (χ3n) is 7.99. The average Bonchev–Trinajstić information content (AvgIpc) is 3.25. The normalized spacial score (nSPS) is 12.9. The second-order valence-electron chi connectivity index (χ2n) is 12.1. The molecule has 0 aliphatic heterocycles. The van der Waals surface area contributed by atoms with Gasteiger partial charge in [0, 0.05) is 37.9 Å². The maximum atomic E-state index is 4.87. The summed E-state index contributed by atoms with van der Waals surface area (Å²) in [6.07, 6.45) is 3.74. The van der Waals surface area contributed by atoms with Crippen LogP contribution < -0.4 is 0 Å². The monoisotopic (exact) mass is 723 g/mol. The summed E-state index contributed by atoms with van der Waals surface area (Å²) in [4.78, 5) is 9.09. The van der Waals surface area contributed by atoms with Crippen LogP contribution in [0.15, 0.2) is 116 Å². The van der Waals surface area contributed by atoms with Crippen molar-refractivity contribution in [3.8, 4) is 33.6 Å². The molecule has 0 saturated carbocycles. The van der Waals surface area contributed by atoms with E-state index in [9.17, 15) is 0 Å². The molecule has 2 heterocycles. The van der Waals surface area contributed by atoms with Crippen LogP contribution in [-0.2, 0) is 30.9 Å². The maximum absolute atomic E-state index is 4.87. The van der Waals surface area contributed by atoms with Gasteiger partial charge in [-0.2, -0.15) is 0 Å². The molecule has 0 bridgehead atoms. The molecule has 0 N–H and O–H groups in total. The molecule has 211 valence electrons. The standard InChI is InChI=1S/C28H26N.C11H8N.Ir/c1-27(2,3)20-11-8-10-19(17-20)26-25-23(15-16-29-26)22-14-13-18-9-6-7-12-21(18)24(22)28(25,4)5;1-2-6-10(7-3-1)11-8-4-5-9-12-11;/h6-9,11-17H,1-5H3;1-6,8-9H;/q2*-1;. The molecule has 0 atom stereocenters. The first kappa shape index (κ1) is 29.6. The molecule has 1 aliphatic rings. The fourth-order valence-corrected chi connectivity index (χ4v) is 5.96. The first-order valence-corrected chi connectivity index (χ1v) is 14.2. The van der Waals surface area contributed by atoms with Crippen molar-refractivity contribution < 1.29 is 20.1 Å². The van der Waals surface area contributed by atoms with Gasteiger partial charge in [-0.25, -0.2) is 0 Å². The van der Waals surface area contributed by atoms with E-state index in [1.807, 2.05) is 54.7 Å². The van der Waals surface area contributed by atoms with Crippen LogP contribution in [-0.4, -0.2) is 9.97 Å². The molecule has 0 saturated heterocycles. The molecule has 6 aromatic rings. The summed E-state index contributed by atoms with van der Waals surface area (Å²) >= 11 is 0. The summed E-state index contributed by atoms with van der Waals surface area (Å²) in [6.45, 7) is 11.4. The smallest absolute Gasteiger partial charge is 0.0167 e. The second-order valence-corrected chi connectivity index (χ2v) is 12.1. The molecule has 0 fully saturated rings. The Hall–Kier alpha value is -3.91. The molecule has 2 nitrogen and oxygen atoms in total. The van der Waals surface area contributed by atoms with Crippen molar-refractivity contribution >= 4 is 10.8 Å². The minimum Gasteiger partial charge on any atom is -0.305 e. The van der Waals surface area contributed by atoms with Gasteiger partial charge < -0.3 is 9.97 Å². The van der Waals surface area contributed by atoms with Gasteiger partial charge >= 0.3 is 0 Å². The van der Waals surface area contributed by atoms with Crippen molar-refractivity contribution in [3.05, 3.63) is 144 Å². The largest absolute Gasteiger partial charge is 0.305 e. The molecule has 4 aromatic carbocycles. The van der Waals surface area contributed by atoms with Gasteiger partial charge in [0.05, 0.1) is 0 Å². The molecule has 0 amide bonds. The van der Waals surface area contributed by atoms with Crippen LogP contribution >= 0.6 is 0 Å². The van der Waals surface area contributed by atoms with Crippen molar-refractivity contribution in [1.82, 2.24) is 9.97 Å². The number of pyridine rings is 2. The molecule has 2 aromatic heterocycles. The molecular formula is C39H34IrN2-2. The fraction of sp³-hybridized carbons (Fsp3) is 0.179. The van der Waals surface area contributed by atoms with Crippen LogP contribution in [0.25, 0.3) is 44.4 Å². The van der Waals surface area contributed by atoms with E-state index in [1.165, 1.54) is 38.6 Å². The van der Waals surface area contributed by atoms with Gasteiger partial charge in [0.15, 0.2) is 0 Å². The first-order chi connectivity index (χ1) is 19.7. The number of nitrogens with zero attached hydrogens (tertiary/aromatic N) is 2. The van der Waals surface area contributed by atoms with Crippen LogP contribution in [0.2, 0.25) is 0 Å². The summed E-state index contributed by atoms with van der Waals surface area (Å²) in [5.41, 5.74) is 10.8. The molecule has 42 heavy (non-hydrogen) atoms. The summed E-state index contributed by atoms with van der Waals surface area (Å²) in [7, 11) is 0. The summed E-state index contributed by atoms with van der Waals surface area (Å²) in [5.74, 6) is 0. The summed E-state index contributed by atoms with van der Waals surface area (Å²) in [5, 5.41) is 2.63. The molecule has 1 radical (unpaired) electrons. The van der Waals surface area contributed by atoms with Crippen molar-refractivity contribution in [2.75, 3.05) is 0 Å². The molecule has 1 aliphatic carbocycles. The van der Waals surface area contributed by atoms with E-state index in [4.69, 9.17) is 4.98 Å². The molecule has 0 unspecified atom stereocenters. The van der Waals surface area contributed by atoms with E-state index in [0.717, 1.165) is 22.5 Å². The van der Waals surface area contributed by atoms with Crippen LogP contribution in [0.4, 0.5) is 0 Å². The van der Waals surface area contributed by atoms with Gasteiger partial charge in [-0.15, -0.1) is 71.3 Å². The molecular weight excluding hydrogens is 689 g/mol.